The van der Waals surface area contributed by atoms with Gasteiger partial charge in [-0.05, 0) is 62.5 Å². The summed E-state index contributed by atoms with van der Waals surface area (Å²) >= 11 is 1.81. The van der Waals surface area contributed by atoms with Crippen LogP contribution in [0.2, 0.25) is 0 Å². The third-order valence-electron chi connectivity index (χ3n) is 5.98. The third kappa shape index (κ3) is 3.40. The van der Waals surface area contributed by atoms with E-state index in [-0.39, 0.29) is 0 Å². The Morgan fingerprint density at radius 1 is 1.17 bits per heavy atom. The summed E-state index contributed by atoms with van der Waals surface area (Å²) in [6, 6.07) is 4.43. The predicted octanol–water partition coefficient (Wildman–Crippen LogP) is 4.25. The molecular weight excluding hydrogens is 314 g/mol. The highest BCUT2D eigenvalue weighted by Gasteiger charge is 2.40. The highest BCUT2D eigenvalue weighted by molar-refractivity contribution is 7.09. The maximum absolute atomic E-state index is 4.66. The van der Waals surface area contributed by atoms with Gasteiger partial charge in [0.05, 0.1) is 11.2 Å². The monoisotopic (exact) mass is 341 g/mol. The second-order valence-corrected chi connectivity index (χ2v) is 8.64. The Balaban J connectivity index is 1.42. The maximum atomic E-state index is 4.66. The van der Waals surface area contributed by atoms with Gasteiger partial charge in [0.25, 0.3) is 0 Å². The summed E-state index contributed by atoms with van der Waals surface area (Å²) in [5.41, 5.74) is 5.74. The third-order valence-corrected chi connectivity index (χ3v) is 6.90. The van der Waals surface area contributed by atoms with Crippen LogP contribution < -0.4 is 0 Å². The lowest BCUT2D eigenvalue weighted by Crippen LogP contribution is -2.29. The van der Waals surface area contributed by atoms with Crippen LogP contribution in [0.3, 0.4) is 0 Å². The zero-order valence-electron chi connectivity index (χ0n) is 14.7. The van der Waals surface area contributed by atoms with Crippen molar-refractivity contribution in [3.63, 3.8) is 0 Å². The quantitative estimate of drug-likeness (QED) is 0.832. The molecule has 128 valence electrons. The molecular formula is C20H27N3S. The topological polar surface area (TPSA) is 29.0 Å². The lowest BCUT2D eigenvalue weighted by Gasteiger charge is -2.33. The normalized spacial score (nSPS) is 27.3. The van der Waals surface area contributed by atoms with Gasteiger partial charge in [0.2, 0.25) is 0 Å². The average molecular weight is 342 g/mol. The van der Waals surface area contributed by atoms with Gasteiger partial charge in [-0.1, -0.05) is 12.5 Å². The highest BCUT2D eigenvalue weighted by atomic mass is 32.1. The summed E-state index contributed by atoms with van der Waals surface area (Å²) in [4.78, 5) is 13.2. The number of nitrogens with zero attached hydrogens (tertiary/aromatic N) is 3. The van der Waals surface area contributed by atoms with Crippen molar-refractivity contribution in [2.24, 2.45) is 17.8 Å². The van der Waals surface area contributed by atoms with Crippen LogP contribution in [0.5, 0.6) is 0 Å². The minimum absolute atomic E-state index is 0.812. The fourth-order valence-corrected chi connectivity index (χ4v) is 5.45. The molecule has 4 heteroatoms. The zero-order valence-corrected chi connectivity index (χ0v) is 15.6. The molecule has 1 saturated carbocycles. The molecule has 0 amide bonds. The Bertz CT molecular complexity index is 678. The molecule has 24 heavy (non-hydrogen) atoms. The van der Waals surface area contributed by atoms with Crippen molar-refractivity contribution in [2.75, 3.05) is 13.1 Å². The number of hydrogen-bond donors (Lipinski definition) is 0. The van der Waals surface area contributed by atoms with E-state index >= 15 is 0 Å². The average Bonchev–Trinajstić information content (AvgIpc) is 3.17. The Kier molecular flexibility index (Phi) is 4.68. The standard InChI is InChI=1S/C20H27N3S/c1-14-6-7-18(21-9-14)8-16-4-3-5-17-10-23(11-19(16)17)12-20-15(2)22-13-24-20/h6-7,9,13,16-17,19H,3-5,8,10-12H2,1-2H3/t16-,17+,19+/m0/s1. The molecule has 0 aromatic carbocycles. The number of likely N-dealkylation sites (tertiary alicyclic amines) is 1. The lowest BCUT2D eigenvalue weighted by molar-refractivity contribution is 0.195. The van der Waals surface area contributed by atoms with Crippen LogP contribution in [0.4, 0.5) is 0 Å². The summed E-state index contributed by atoms with van der Waals surface area (Å²) in [6.07, 6.45) is 7.37. The second-order valence-electron chi connectivity index (χ2n) is 7.70. The minimum atomic E-state index is 0.812. The molecule has 0 bridgehead atoms. The van der Waals surface area contributed by atoms with Crippen LogP contribution in [0.15, 0.2) is 23.8 Å². The van der Waals surface area contributed by atoms with Gasteiger partial charge < -0.3 is 0 Å². The number of aromatic nitrogens is 2. The first kappa shape index (κ1) is 16.2. The molecule has 0 unspecified atom stereocenters. The molecule has 0 radical (unpaired) electrons. The molecule has 2 fully saturated rings. The Hall–Kier alpha value is -1.26. The molecule has 3 nitrogen and oxygen atoms in total. The number of aryl methyl sites for hydroxylation is 2. The van der Waals surface area contributed by atoms with Crippen molar-refractivity contribution in [1.29, 1.82) is 0 Å². The van der Waals surface area contributed by atoms with Crippen LogP contribution in [0.25, 0.3) is 0 Å². The predicted molar refractivity (Wildman–Crippen MR) is 99.1 cm³/mol. The molecule has 1 aliphatic carbocycles. The molecule has 0 N–H and O–H groups in total. The summed E-state index contributed by atoms with van der Waals surface area (Å²) in [5, 5.41) is 0. The van der Waals surface area contributed by atoms with Crippen molar-refractivity contribution in [3.05, 3.63) is 45.7 Å². The van der Waals surface area contributed by atoms with E-state index < -0.39 is 0 Å². The van der Waals surface area contributed by atoms with Gasteiger partial charge in [-0.3, -0.25) is 9.88 Å². The van der Waals surface area contributed by atoms with E-state index in [0.717, 1.165) is 30.7 Å². The first-order chi connectivity index (χ1) is 11.7. The fraction of sp³-hybridized carbons (Fsp3) is 0.600. The number of thiazole rings is 1. The van der Waals surface area contributed by atoms with Gasteiger partial charge in [0, 0.05) is 36.4 Å². The highest BCUT2D eigenvalue weighted by Crippen LogP contribution is 2.42. The summed E-state index contributed by atoms with van der Waals surface area (Å²) in [6.45, 7) is 7.89. The Morgan fingerprint density at radius 2 is 2.08 bits per heavy atom. The van der Waals surface area contributed by atoms with Crippen LogP contribution in [-0.4, -0.2) is 28.0 Å². The largest absolute Gasteiger partial charge is 0.298 e. The first-order valence-corrected chi connectivity index (χ1v) is 10.1. The van der Waals surface area contributed by atoms with Gasteiger partial charge >= 0.3 is 0 Å². The number of rotatable bonds is 4. The van der Waals surface area contributed by atoms with E-state index in [1.807, 2.05) is 23.0 Å². The zero-order chi connectivity index (χ0) is 16.5. The first-order valence-electron chi connectivity index (χ1n) is 9.22. The second kappa shape index (κ2) is 6.93. The van der Waals surface area contributed by atoms with Crippen molar-refractivity contribution < 1.29 is 0 Å². The van der Waals surface area contributed by atoms with Crippen LogP contribution >= 0.6 is 11.3 Å². The van der Waals surface area contributed by atoms with Crippen molar-refractivity contribution in [3.8, 4) is 0 Å². The molecule has 1 saturated heterocycles. The van der Waals surface area contributed by atoms with Gasteiger partial charge in [-0.15, -0.1) is 11.3 Å². The molecule has 3 atom stereocenters. The molecule has 0 spiro atoms. The van der Waals surface area contributed by atoms with Gasteiger partial charge in [0.15, 0.2) is 0 Å². The number of fused-ring (bicyclic) bond motifs is 1. The smallest absolute Gasteiger partial charge is 0.0798 e. The van der Waals surface area contributed by atoms with E-state index in [9.17, 15) is 0 Å². The molecule has 3 heterocycles. The molecule has 2 aromatic heterocycles. The van der Waals surface area contributed by atoms with E-state index in [0.29, 0.717) is 0 Å². The van der Waals surface area contributed by atoms with Gasteiger partial charge in [-0.25, -0.2) is 4.98 Å². The van der Waals surface area contributed by atoms with Crippen LogP contribution in [-0.2, 0) is 13.0 Å². The maximum Gasteiger partial charge on any atom is 0.0798 e. The van der Waals surface area contributed by atoms with Gasteiger partial charge in [0.1, 0.15) is 0 Å². The molecule has 2 aromatic rings. The van der Waals surface area contributed by atoms with E-state index in [1.165, 1.54) is 54.2 Å². The van der Waals surface area contributed by atoms with Crippen LogP contribution in [0, 0.1) is 31.6 Å². The van der Waals surface area contributed by atoms with Crippen LogP contribution in [0.1, 0.15) is 41.1 Å². The van der Waals surface area contributed by atoms with Crippen molar-refractivity contribution >= 4 is 11.3 Å². The molecule has 2 aliphatic rings. The fourth-order valence-electron chi connectivity index (χ4n) is 4.64. The minimum Gasteiger partial charge on any atom is -0.298 e. The summed E-state index contributed by atoms with van der Waals surface area (Å²) in [7, 11) is 0. The van der Waals surface area contributed by atoms with E-state index in [4.69, 9.17) is 0 Å². The van der Waals surface area contributed by atoms with E-state index in [2.05, 4.69) is 40.8 Å². The number of hydrogen-bond acceptors (Lipinski definition) is 4. The molecule has 4 rings (SSSR count). The van der Waals surface area contributed by atoms with E-state index in [1.54, 1.807) is 0 Å². The Morgan fingerprint density at radius 3 is 2.83 bits per heavy atom. The Labute approximate surface area is 149 Å². The summed E-state index contributed by atoms with van der Waals surface area (Å²) < 4.78 is 0. The lowest BCUT2D eigenvalue weighted by atomic mass is 9.72. The summed E-state index contributed by atoms with van der Waals surface area (Å²) in [5.74, 6) is 2.56. The molecule has 1 aliphatic heterocycles. The number of pyridine rings is 1. The van der Waals surface area contributed by atoms with Crippen molar-refractivity contribution in [1.82, 2.24) is 14.9 Å². The van der Waals surface area contributed by atoms with Gasteiger partial charge in [-0.2, -0.15) is 0 Å². The van der Waals surface area contributed by atoms with Crippen molar-refractivity contribution in [2.45, 2.75) is 46.1 Å². The SMILES string of the molecule is Cc1ccc(C[C@@H]2CCC[C@@H]3CN(Cc4scnc4C)C[C@@H]32)nc1.